The third kappa shape index (κ3) is 4.16. The van der Waals surface area contributed by atoms with Gasteiger partial charge in [-0.15, -0.1) is 0 Å². The van der Waals surface area contributed by atoms with E-state index in [1.165, 1.54) is 6.42 Å². The van der Waals surface area contributed by atoms with Gasteiger partial charge >= 0.3 is 6.03 Å². The Morgan fingerprint density at radius 3 is 2.44 bits per heavy atom. The SMILES string of the molecule is O=C(Nc1ccccc1)Nc1ccc2n(c1=O)CC1CC2CN(C(=O)C2CCCCC2)C1. The normalized spacial score (nSPS) is 22.7. The molecule has 32 heavy (non-hydrogen) atoms. The molecule has 2 aromatic rings. The number of carbonyl (C=O) groups excluding carboxylic acids is 2. The number of nitrogens with zero attached hydrogens (tertiary/aromatic N) is 2. The second kappa shape index (κ2) is 8.81. The van der Waals surface area contributed by atoms with Crippen molar-refractivity contribution in [2.24, 2.45) is 11.8 Å². The monoisotopic (exact) mass is 434 g/mol. The standard InChI is InChI=1S/C25H30N4O3/c30-23(18-7-3-1-4-8-18)28-14-17-13-19(16-28)22-12-11-21(24(31)29(22)15-17)27-25(32)26-20-9-5-2-6-10-20/h2,5-6,9-12,17-19H,1,3-4,7-8,13-16H2,(H2,26,27,32). The molecule has 7 nitrogen and oxygen atoms in total. The topological polar surface area (TPSA) is 83.4 Å². The molecule has 2 N–H and O–H groups in total. The number of para-hydroxylation sites is 1. The molecule has 1 saturated heterocycles. The number of hydrogen-bond donors (Lipinski definition) is 2. The lowest BCUT2D eigenvalue weighted by molar-refractivity contribution is -0.139. The molecule has 3 aliphatic rings. The highest BCUT2D eigenvalue weighted by Gasteiger charge is 2.38. The van der Waals surface area contributed by atoms with Gasteiger partial charge in [0.05, 0.1) is 0 Å². The summed E-state index contributed by atoms with van der Waals surface area (Å²) < 4.78 is 1.80. The van der Waals surface area contributed by atoms with Crippen molar-refractivity contribution in [3.63, 3.8) is 0 Å². The molecule has 3 amide bonds. The molecule has 2 aliphatic heterocycles. The largest absolute Gasteiger partial charge is 0.341 e. The molecule has 1 saturated carbocycles. The van der Waals surface area contributed by atoms with Gasteiger partial charge in [-0.1, -0.05) is 37.5 Å². The average Bonchev–Trinajstić information content (AvgIpc) is 2.82. The fourth-order valence-corrected chi connectivity index (χ4v) is 5.63. The zero-order chi connectivity index (χ0) is 22.1. The van der Waals surface area contributed by atoms with Crippen molar-refractivity contribution < 1.29 is 9.59 Å². The quantitative estimate of drug-likeness (QED) is 0.765. The summed E-state index contributed by atoms with van der Waals surface area (Å²) in [5.41, 5.74) is 1.74. The minimum absolute atomic E-state index is 0.174. The van der Waals surface area contributed by atoms with E-state index in [0.717, 1.165) is 44.3 Å². The lowest BCUT2D eigenvalue weighted by Crippen LogP contribution is -2.51. The van der Waals surface area contributed by atoms with Crippen LogP contribution in [-0.4, -0.2) is 34.5 Å². The molecule has 1 aromatic heterocycles. The van der Waals surface area contributed by atoms with E-state index in [9.17, 15) is 14.4 Å². The Bertz CT molecular complexity index is 1060. The summed E-state index contributed by atoms with van der Waals surface area (Å²) >= 11 is 0. The molecule has 2 unspecified atom stereocenters. The van der Waals surface area contributed by atoms with Gasteiger partial charge in [-0.2, -0.15) is 0 Å². The summed E-state index contributed by atoms with van der Waals surface area (Å²) in [5, 5.41) is 5.44. The van der Waals surface area contributed by atoms with Gasteiger partial charge in [-0.3, -0.25) is 9.59 Å². The van der Waals surface area contributed by atoms with Gasteiger partial charge in [0.25, 0.3) is 5.56 Å². The van der Waals surface area contributed by atoms with Crippen LogP contribution >= 0.6 is 0 Å². The van der Waals surface area contributed by atoms with Crippen LogP contribution in [0, 0.1) is 11.8 Å². The molecule has 2 bridgehead atoms. The fourth-order valence-electron chi connectivity index (χ4n) is 5.63. The lowest BCUT2D eigenvalue weighted by Gasteiger charge is -2.44. The molecule has 7 heteroatoms. The number of pyridine rings is 1. The highest BCUT2D eigenvalue weighted by atomic mass is 16.2. The van der Waals surface area contributed by atoms with Crippen LogP contribution in [0.3, 0.4) is 0 Å². The van der Waals surface area contributed by atoms with Crippen molar-refractivity contribution in [2.45, 2.75) is 51.0 Å². The third-order valence-corrected chi connectivity index (χ3v) is 7.15. The number of hydrogen-bond acceptors (Lipinski definition) is 3. The molecule has 1 aromatic carbocycles. The molecule has 3 heterocycles. The summed E-state index contributed by atoms with van der Waals surface area (Å²) in [4.78, 5) is 40.6. The highest BCUT2D eigenvalue weighted by molar-refractivity contribution is 5.99. The average molecular weight is 435 g/mol. The maximum absolute atomic E-state index is 13.1. The molecular formula is C25H30N4O3. The van der Waals surface area contributed by atoms with Gasteiger partial charge in [0.15, 0.2) is 0 Å². The number of carbonyl (C=O) groups is 2. The van der Waals surface area contributed by atoms with Gasteiger partial charge in [-0.05, 0) is 49.4 Å². The number of nitrogens with one attached hydrogen (secondary N) is 2. The Morgan fingerprint density at radius 2 is 1.66 bits per heavy atom. The van der Waals surface area contributed by atoms with Crippen LogP contribution in [0.2, 0.25) is 0 Å². The minimum Gasteiger partial charge on any atom is -0.341 e. The van der Waals surface area contributed by atoms with E-state index in [0.29, 0.717) is 24.7 Å². The number of anilines is 2. The van der Waals surface area contributed by atoms with Crippen LogP contribution in [0.15, 0.2) is 47.3 Å². The van der Waals surface area contributed by atoms with Crippen LogP contribution in [0.4, 0.5) is 16.2 Å². The van der Waals surface area contributed by atoms with Gasteiger partial charge in [0.2, 0.25) is 5.91 Å². The maximum Gasteiger partial charge on any atom is 0.323 e. The van der Waals surface area contributed by atoms with E-state index in [-0.39, 0.29) is 29.0 Å². The Kier molecular flexibility index (Phi) is 5.72. The maximum atomic E-state index is 13.1. The predicted molar refractivity (Wildman–Crippen MR) is 124 cm³/mol. The van der Waals surface area contributed by atoms with Crippen LogP contribution < -0.4 is 16.2 Å². The molecule has 0 spiro atoms. The van der Waals surface area contributed by atoms with E-state index in [2.05, 4.69) is 15.5 Å². The highest BCUT2D eigenvalue weighted by Crippen LogP contribution is 2.37. The second-order valence-corrected chi connectivity index (χ2v) is 9.41. The third-order valence-electron chi connectivity index (χ3n) is 7.15. The Morgan fingerprint density at radius 1 is 0.875 bits per heavy atom. The molecule has 2 fully saturated rings. The van der Waals surface area contributed by atoms with Crippen molar-refractivity contribution >= 4 is 23.3 Å². The molecular weight excluding hydrogens is 404 g/mol. The summed E-state index contributed by atoms with van der Waals surface area (Å²) in [6.07, 6.45) is 6.59. The molecule has 1 aliphatic carbocycles. The van der Waals surface area contributed by atoms with Crippen molar-refractivity contribution in [3.05, 3.63) is 58.5 Å². The predicted octanol–water partition coefficient (Wildman–Crippen LogP) is 4.02. The second-order valence-electron chi connectivity index (χ2n) is 9.41. The number of likely N-dealkylation sites (tertiary alicyclic amines) is 1. The van der Waals surface area contributed by atoms with Crippen molar-refractivity contribution in [1.82, 2.24) is 9.47 Å². The number of rotatable bonds is 3. The van der Waals surface area contributed by atoms with Crippen LogP contribution in [-0.2, 0) is 11.3 Å². The summed E-state index contributed by atoms with van der Waals surface area (Å²) in [6.45, 7) is 2.01. The first-order valence-corrected chi connectivity index (χ1v) is 11.7. The smallest absolute Gasteiger partial charge is 0.323 e. The lowest BCUT2D eigenvalue weighted by atomic mass is 9.81. The van der Waals surface area contributed by atoms with E-state index in [1.54, 1.807) is 22.8 Å². The summed E-state index contributed by atoms with van der Waals surface area (Å²) in [6, 6.07) is 12.3. The number of urea groups is 1. The van der Waals surface area contributed by atoms with Gasteiger partial charge in [-0.25, -0.2) is 4.79 Å². The van der Waals surface area contributed by atoms with E-state index in [4.69, 9.17) is 0 Å². The summed E-state index contributed by atoms with van der Waals surface area (Å²) in [7, 11) is 0. The zero-order valence-corrected chi connectivity index (χ0v) is 18.3. The van der Waals surface area contributed by atoms with E-state index < -0.39 is 6.03 Å². The van der Waals surface area contributed by atoms with Crippen molar-refractivity contribution in [1.29, 1.82) is 0 Å². The fraction of sp³-hybridized carbons (Fsp3) is 0.480. The number of amides is 3. The first-order chi connectivity index (χ1) is 15.6. The number of fused-ring (bicyclic) bond motifs is 4. The van der Waals surface area contributed by atoms with Crippen molar-refractivity contribution in [3.8, 4) is 0 Å². The number of piperidine rings is 1. The molecule has 5 rings (SSSR count). The van der Waals surface area contributed by atoms with Crippen LogP contribution in [0.1, 0.15) is 50.1 Å². The van der Waals surface area contributed by atoms with E-state index in [1.807, 2.05) is 24.3 Å². The van der Waals surface area contributed by atoms with E-state index >= 15 is 0 Å². The molecule has 168 valence electrons. The number of aromatic nitrogens is 1. The summed E-state index contributed by atoms with van der Waals surface area (Å²) in [5.74, 6) is 0.945. The van der Waals surface area contributed by atoms with Crippen LogP contribution in [0.25, 0.3) is 0 Å². The first kappa shape index (κ1) is 20.8. The van der Waals surface area contributed by atoms with Gasteiger partial charge < -0.3 is 20.1 Å². The van der Waals surface area contributed by atoms with Gasteiger partial charge in [0.1, 0.15) is 5.69 Å². The first-order valence-electron chi connectivity index (χ1n) is 11.7. The zero-order valence-electron chi connectivity index (χ0n) is 18.3. The molecule has 2 atom stereocenters. The number of benzene rings is 1. The van der Waals surface area contributed by atoms with Crippen molar-refractivity contribution in [2.75, 3.05) is 23.7 Å². The minimum atomic E-state index is -0.436. The molecule has 0 radical (unpaired) electrons. The van der Waals surface area contributed by atoms with Gasteiger partial charge in [0, 0.05) is 42.9 Å². The Labute approximate surface area is 187 Å². The Hall–Kier alpha value is -3.09. The van der Waals surface area contributed by atoms with Crippen LogP contribution in [0.5, 0.6) is 0 Å². The Balaban J connectivity index is 1.30.